The SMILES string of the molecule is CS(=O)(=O)c1ccc(C(=O)NCc2nnc3n2CCC3)cc1. The highest BCUT2D eigenvalue weighted by Crippen LogP contribution is 2.14. The lowest BCUT2D eigenvalue weighted by Crippen LogP contribution is -2.24. The van der Waals surface area contributed by atoms with E-state index in [1.807, 2.05) is 4.57 Å². The number of sulfone groups is 1. The number of nitrogens with one attached hydrogen (secondary N) is 1. The van der Waals surface area contributed by atoms with Crippen LogP contribution in [0.1, 0.15) is 28.4 Å². The number of nitrogens with zero attached hydrogens (tertiary/aromatic N) is 3. The van der Waals surface area contributed by atoms with Crippen molar-refractivity contribution < 1.29 is 13.2 Å². The average molecular weight is 320 g/mol. The van der Waals surface area contributed by atoms with E-state index in [2.05, 4.69) is 15.5 Å². The van der Waals surface area contributed by atoms with Crippen LogP contribution in [0.4, 0.5) is 0 Å². The van der Waals surface area contributed by atoms with E-state index in [0.29, 0.717) is 12.1 Å². The molecule has 7 nitrogen and oxygen atoms in total. The van der Waals surface area contributed by atoms with Crippen LogP contribution in [0, 0.1) is 0 Å². The number of carbonyl (C=O) groups is 1. The molecule has 22 heavy (non-hydrogen) atoms. The molecule has 8 heteroatoms. The Hall–Kier alpha value is -2.22. The van der Waals surface area contributed by atoms with Crippen LogP contribution in [-0.2, 0) is 29.3 Å². The van der Waals surface area contributed by atoms with Gasteiger partial charge in [-0.15, -0.1) is 10.2 Å². The first kappa shape index (κ1) is 14.7. The van der Waals surface area contributed by atoms with E-state index >= 15 is 0 Å². The quantitative estimate of drug-likeness (QED) is 0.888. The minimum atomic E-state index is -3.25. The van der Waals surface area contributed by atoms with Crippen LogP contribution in [0.3, 0.4) is 0 Å². The van der Waals surface area contributed by atoms with Gasteiger partial charge in [-0.25, -0.2) is 8.42 Å². The van der Waals surface area contributed by atoms with Gasteiger partial charge >= 0.3 is 0 Å². The van der Waals surface area contributed by atoms with Crippen LogP contribution in [0.5, 0.6) is 0 Å². The molecule has 1 aromatic heterocycles. The van der Waals surface area contributed by atoms with Gasteiger partial charge in [-0.3, -0.25) is 4.79 Å². The van der Waals surface area contributed by atoms with Crippen molar-refractivity contribution in [2.75, 3.05) is 6.26 Å². The van der Waals surface area contributed by atoms with Crippen molar-refractivity contribution in [1.29, 1.82) is 0 Å². The third-order valence-corrected chi connectivity index (χ3v) is 4.77. The van der Waals surface area contributed by atoms with Crippen molar-refractivity contribution in [3.8, 4) is 0 Å². The minimum Gasteiger partial charge on any atom is -0.345 e. The van der Waals surface area contributed by atoms with Crippen molar-refractivity contribution >= 4 is 15.7 Å². The van der Waals surface area contributed by atoms with Gasteiger partial charge in [0.15, 0.2) is 15.7 Å². The highest BCUT2D eigenvalue weighted by Gasteiger charge is 2.17. The fourth-order valence-electron chi connectivity index (χ4n) is 2.46. The molecule has 0 spiro atoms. The lowest BCUT2D eigenvalue weighted by Gasteiger charge is -2.06. The molecular formula is C14H16N4O3S. The van der Waals surface area contributed by atoms with E-state index in [0.717, 1.165) is 37.3 Å². The lowest BCUT2D eigenvalue weighted by atomic mass is 10.2. The maximum Gasteiger partial charge on any atom is 0.251 e. The predicted octanol–water partition coefficient (Wildman–Crippen LogP) is 0.558. The maximum atomic E-state index is 12.1. The number of carbonyl (C=O) groups excluding carboxylic acids is 1. The molecule has 0 saturated heterocycles. The number of aromatic nitrogens is 3. The molecular weight excluding hydrogens is 304 g/mol. The third-order valence-electron chi connectivity index (χ3n) is 3.64. The third kappa shape index (κ3) is 2.87. The summed E-state index contributed by atoms with van der Waals surface area (Å²) in [6.45, 7) is 1.19. The van der Waals surface area contributed by atoms with Gasteiger partial charge in [0.2, 0.25) is 0 Å². The minimum absolute atomic E-state index is 0.194. The first-order valence-electron chi connectivity index (χ1n) is 6.94. The summed E-state index contributed by atoms with van der Waals surface area (Å²) in [7, 11) is -3.25. The number of aryl methyl sites for hydroxylation is 1. The van der Waals surface area contributed by atoms with Crippen molar-refractivity contribution in [2.24, 2.45) is 0 Å². The molecule has 116 valence electrons. The zero-order chi connectivity index (χ0) is 15.7. The highest BCUT2D eigenvalue weighted by molar-refractivity contribution is 7.90. The van der Waals surface area contributed by atoms with Crippen LogP contribution in [0.15, 0.2) is 29.2 Å². The maximum absolute atomic E-state index is 12.1. The second-order valence-corrected chi connectivity index (χ2v) is 7.28. The number of amides is 1. The number of benzene rings is 1. The zero-order valence-corrected chi connectivity index (χ0v) is 12.9. The van der Waals surface area contributed by atoms with Gasteiger partial charge in [-0.2, -0.15) is 0 Å². The average Bonchev–Trinajstić information content (AvgIpc) is 3.07. The standard InChI is InChI=1S/C14H16N4O3S/c1-22(20,21)11-6-4-10(5-7-11)14(19)15-9-13-17-16-12-3-2-8-18(12)13/h4-7H,2-3,8-9H2,1H3,(H,15,19). The molecule has 1 N–H and O–H groups in total. The first-order chi connectivity index (χ1) is 10.4. The Labute approximate surface area is 128 Å². The van der Waals surface area contributed by atoms with E-state index in [-0.39, 0.29) is 10.8 Å². The fraction of sp³-hybridized carbons (Fsp3) is 0.357. The highest BCUT2D eigenvalue weighted by atomic mass is 32.2. The van der Waals surface area contributed by atoms with Gasteiger partial charge in [-0.05, 0) is 30.7 Å². The van der Waals surface area contributed by atoms with Crippen LogP contribution < -0.4 is 5.32 Å². The Bertz CT molecular complexity index is 809. The molecule has 0 radical (unpaired) electrons. The number of rotatable bonds is 4. The van der Waals surface area contributed by atoms with Gasteiger partial charge in [-0.1, -0.05) is 0 Å². The smallest absolute Gasteiger partial charge is 0.251 e. The molecule has 1 amide bonds. The van der Waals surface area contributed by atoms with Crippen molar-refractivity contribution in [1.82, 2.24) is 20.1 Å². The molecule has 1 aromatic carbocycles. The molecule has 0 bridgehead atoms. The second kappa shape index (κ2) is 5.53. The Balaban J connectivity index is 1.67. The number of fused-ring (bicyclic) bond motifs is 1. The Kier molecular flexibility index (Phi) is 3.69. The van der Waals surface area contributed by atoms with E-state index in [1.54, 1.807) is 0 Å². The lowest BCUT2D eigenvalue weighted by molar-refractivity contribution is 0.0949. The summed E-state index contributed by atoms with van der Waals surface area (Å²) >= 11 is 0. The van der Waals surface area contributed by atoms with E-state index < -0.39 is 9.84 Å². The van der Waals surface area contributed by atoms with Crippen molar-refractivity contribution in [3.63, 3.8) is 0 Å². The monoisotopic (exact) mass is 320 g/mol. The van der Waals surface area contributed by atoms with E-state index in [1.165, 1.54) is 24.3 Å². The van der Waals surface area contributed by atoms with Crippen molar-refractivity contribution in [3.05, 3.63) is 41.5 Å². The predicted molar refractivity (Wildman–Crippen MR) is 79.1 cm³/mol. The van der Waals surface area contributed by atoms with Gasteiger partial charge < -0.3 is 9.88 Å². The summed E-state index contributed by atoms with van der Waals surface area (Å²) in [4.78, 5) is 12.3. The molecule has 2 heterocycles. The summed E-state index contributed by atoms with van der Waals surface area (Å²) in [6, 6.07) is 5.86. The van der Waals surface area contributed by atoms with Crippen LogP contribution in [-0.4, -0.2) is 35.3 Å². The molecule has 0 unspecified atom stereocenters. The summed E-state index contributed by atoms with van der Waals surface area (Å²) in [5.41, 5.74) is 0.411. The molecule has 2 aromatic rings. The summed E-state index contributed by atoms with van der Waals surface area (Å²) in [5, 5.41) is 10.9. The second-order valence-electron chi connectivity index (χ2n) is 5.27. The van der Waals surface area contributed by atoms with Gasteiger partial charge in [0.1, 0.15) is 5.82 Å². The fourth-order valence-corrected chi connectivity index (χ4v) is 3.09. The molecule has 0 atom stereocenters. The molecule has 1 aliphatic heterocycles. The summed E-state index contributed by atoms with van der Waals surface area (Å²) in [6.07, 6.45) is 3.11. The van der Waals surface area contributed by atoms with Crippen molar-refractivity contribution in [2.45, 2.75) is 30.8 Å². The van der Waals surface area contributed by atoms with Crippen LogP contribution >= 0.6 is 0 Å². The molecule has 0 aliphatic carbocycles. The van der Waals surface area contributed by atoms with Gasteiger partial charge in [0, 0.05) is 24.8 Å². The first-order valence-corrected chi connectivity index (χ1v) is 8.83. The Morgan fingerprint density at radius 1 is 1.27 bits per heavy atom. The Morgan fingerprint density at radius 2 is 2.00 bits per heavy atom. The van der Waals surface area contributed by atoms with E-state index in [9.17, 15) is 13.2 Å². The van der Waals surface area contributed by atoms with Crippen LogP contribution in [0.25, 0.3) is 0 Å². The molecule has 0 saturated carbocycles. The van der Waals surface area contributed by atoms with Gasteiger partial charge in [0.25, 0.3) is 5.91 Å². The summed E-state index contributed by atoms with van der Waals surface area (Å²) < 4.78 is 24.8. The largest absolute Gasteiger partial charge is 0.345 e. The van der Waals surface area contributed by atoms with E-state index in [4.69, 9.17) is 0 Å². The topological polar surface area (TPSA) is 93.9 Å². The molecule has 3 rings (SSSR count). The normalized spacial score (nSPS) is 13.9. The number of hydrogen-bond donors (Lipinski definition) is 1. The molecule has 0 fully saturated rings. The zero-order valence-electron chi connectivity index (χ0n) is 12.1. The number of hydrogen-bond acceptors (Lipinski definition) is 5. The molecule has 1 aliphatic rings. The summed E-state index contributed by atoms with van der Waals surface area (Å²) in [5.74, 6) is 1.44. The van der Waals surface area contributed by atoms with Gasteiger partial charge in [0.05, 0.1) is 11.4 Å². The Morgan fingerprint density at radius 3 is 2.68 bits per heavy atom. The van der Waals surface area contributed by atoms with Crippen LogP contribution in [0.2, 0.25) is 0 Å².